The van der Waals surface area contributed by atoms with Crippen LogP contribution < -0.4 is 0 Å². The summed E-state index contributed by atoms with van der Waals surface area (Å²) in [5, 5.41) is 0. The zero-order chi connectivity index (χ0) is 10.6. The molecule has 68 valence electrons. The van der Waals surface area contributed by atoms with Gasteiger partial charge in [0.2, 0.25) is 0 Å². The molecule has 1 fully saturated rings. The number of rotatable bonds is 0. The molecule has 0 unspecified atom stereocenters. The second-order valence-corrected chi connectivity index (χ2v) is 1.93. The van der Waals surface area contributed by atoms with Crippen molar-refractivity contribution in [3.63, 3.8) is 0 Å². The van der Waals surface area contributed by atoms with Gasteiger partial charge in [-0.3, -0.25) is 0 Å². The Morgan fingerprint density at radius 1 is 0.571 bits per heavy atom. The van der Waals surface area contributed by atoms with E-state index in [0.29, 0.717) is 0 Å². The maximum atomic E-state index is 10.2. The fourth-order valence-electron chi connectivity index (χ4n) is 0.658. The standard InChI is InChI=1S/C8O6/c9-1-5-6(2-10)14-8(4-12)7(3-11)13-5. The molecule has 0 radical (unpaired) electrons. The zero-order valence-electron chi connectivity index (χ0n) is 6.45. The number of hydrogen-bond donors (Lipinski definition) is 0. The Balaban J connectivity index is 3.31. The summed E-state index contributed by atoms with van der Waals surface area (Å²) in [7, 11) is 0. The van der Waals surface area contributed by atoms with Crippen LogP contribution in [0.25, 0.3) is 0 Å². The minimum Gasteiger partial charge on any atom is -0.424 e. The maximum Gasteiger partial charge on any atom is 0.265 e. The van der Waals surface area contributed by atoms with Crippen molar-refractivity contribution in [2.75, 3.05) is 0 Å². The molecular weight excluding hydrogens is 192 g/mol. The lowest BCUT2D eigenvalue weighted by atomic mass is 10.3. The van der Waals surface area contributed by atoms with Crippen LogP contribution in [0, 0.1) is 0 Å². The Kier molecular flexibility index (Phi) is 2.63. The third-order valence-corrected chi connectivity index (χ3v) is 1.19. The summed E-state index contributed by atoms with van der Waals surface area (Å²) >= 11 is 0. The van der Waals surface area contributed by atoms with E-state index in [1.807, 2.05) is 0 Å². The predicted molar refractivity (Wildman–Crippen MR) is 39.0 cm³/mol. The number of carbonyl (C=O) groups excluding carboxylic acids is 4. The molecule has 1 aliphatic rings. The monoisotopic (exact) mass is 192 g/mol. The number of ether oxygens (including phenoxy) is 2. The molecule has 0 aromatic carbocycles. The van der Waals surface area contributed by atoms with Crippen molar-refractivity contribution < 1.29 is 28.7 Å². The van der Waals surface area contributed by atoms with Crippen LogP contribution in [-0.4, -0.2) is 23.8 Å². The average Bonchev–Trinajstić information content (AvgIpc) is 2.26. The van der Waals surface area contributed by atoms with Crippen LogP contribution in [0.3, 0.4) is 0 Å². The predicted octanol–water partition coefficient (Wildman–Crippen LogP) is -1.10. The van der Waals surface area contributed by atoms with Crippen molar-refractivity contribution in [2.45, 2.75) is 0 Å². The van der Waals surface area contributed by atoms with E-state index in [-0.39, 0.29) is 0 Å². The minimum absolute atomic E-state index is 0.669. The van der Waals surface area contributed by atoms with Crippen molar-refractivity contribution in [1.29, 1.82) is 0 Å². The Morgan fingerprint density at radius 3 is 0.929 bits per heavy atom. The van der Waals surface area contributed by atoms with Gasteiger partial charge in [-0.15, -0.1) is 0 Å². The first-order valence-corrected chi connectivity index (χ1v) is 3.13. The van der Waals surface area contributed by atoms with Gasteiger partial charge in [0.25, 0.3) is 23.0 Å². The maximum absolute atomic E-state index is 10.2. The molecule has 1 saturated heterocycles. The van der Waals surface area contributed by atoms with Crippen LogP contribution in [0.4, 0.5) is 0 Å². The summed E-state index contributed by atoms with van der Waals surface area (Å²) in [6.45, 7) is 0. The molecule has 6 heteroatoms. The highest BCUT2D eigenvalue weighted by Gasteiger charge is 2.28. The molecule has 1 heterocycles. The number of hydrogen-bond acceptors (Lipinski definition) is 6. The summed E-state index contributed by atoms with van der Waals surface area (Å²) in [6.07, 6.45) is 0. The van der Waals surface area contributed by atoms with E-state index in [9.17, 15) is 19.2 Å². The molecule has 0 aromatic rings. The topological polar surface area (TPSA) is 86.7 Å². The van der Waals surface area contributed by atoms with Gasteiger partial charge >= 0.3 is 0 Å². The molecule has 0 aromatic heterocycles. The van der Waals surface area contributed by atoms with E-state index in [4.69, 9.17) is 0 Å². The first-order valence-electron chi connectivity index (χ1n) is 3.13. The molecule has 0 N–H and O–H groups in total. The molecule has 0 bridgehead atoms. The molecule has 0 amide bonds. The van der Waals surface area contributed by atoms with Gasteiger partial charge in [0.15, 0.2) is 23.8 Å². The van der Waals surface area contributed by atoms with Crippen LogP contribution in [-0.2, 0) is 28.7 Å². The first-order chi connectivity index (χ1) is 6.76. The van der Waals surface area contributed by atoms with Crippen LogP contribution in [0.2, 0.25) is 0 Å². The van der Waals surface area contributed by atoms with Crippen molar-refractivity contribution in [3.05, 3.63) is 23.0 Å². The Labute approximate surface area is 76.4 Å². The van der Waals surface area contributed by atoms with Gasteiger partial charge in [-0.25, -0.2) is 19.2 Å². The van der Waals surface area contributed by atoms with Gasteiger partial charge in [-0.1, -0.05) is 0 Å². The van der Waals surface area contributed by atoms with Crippen molar-refractivity contribution in [2.24, 2.45) is 0 Å². The largest absolute Gasteiger partial charge is 0.424 e. The molecule has 14 heavy (non-hydrogen) atoms. The normalized spacial score (nSPS) is 14.3. The smallest absolute Gasteiger partial charge is 0.265 e. The molecule has 0 aliphatic carbocycles. The average molecular weight is 192 g/mol. The van der Waals surface area contributed by atoms with E-state index in [1.165, 1.54) is 23.8 Å². The highest BCUT2D eigenvalue weighted by atomic mass is 16.6. The zero-order valence-corrected chi connectivity index (χ0v) is 6.45. The third kappa shape index (κ3) is 1.45. The molecule has 0 spiro atoms. The molecule has 0 saturated carbocycles. The van der Waals surface area contributed by atoms with Gasteiger partial charge in [0.1, 0.15) is 0 Å². The van der Waals surface area contributed by atoms with Crippen LogP contribution in [0.5, 0.6) is 0 Å². The molecule has 6 nitrogen and oxygen atoms in total. The molecular formula is C8O6. The molecule has 1 rings (SSSR count). The van der Waals surface area contributed by atoms with Crippen LogP contribution in [0.15, 0.2) is 23.0 Å². The van der Waals surface area contributed by atoms with E-state index in [2.05, 4.69) is 9.47 Å². The lowest BCUT2D eigenvalue weighted by Crippen LogP contribution is -2.13. The van der Waals surface area contributed by atoms with E-state index < -0.39 is 23.0 Å². The summed E-state index contributed by atoms with van der Waals surface area (Å²) in [4.78, 5) is 40.7. The molecule has 0 atom stereocenters. The third-order valence-electron chi connectivity index (χ3n) is 1.19. The Morgan fingerprint density at radius 2 is 0.786 bits per heavy atom. The van der Waals surface area contributed by atoms with Crippen molar-refractivity contribution >= 4 is 23.8 Å². The SMILES string of the molecule is O=C=C1OC(=C=O)C(=C=O)OC1=C=O. The Hall–Kier alpha value is -2.60. The quantitative estimate of drug-likeness (QED) is 0.452. The van der Waals surface area contributed by atoms with Gasteiger partial charge in [-0.05, 0) is 0 Å². The van der Waals surface area contributed by atoms with Gasteiger partial charge in [-0.2, -0.15) is 0 Å². The molecule has 1 aliphatic heterocycles. The first kappa shape index (κ1) is 9.49. The summed E-state index contributed by atoms with van der Waals surface area (Å²) < 4.78 is 8.91. The lowest BCUT2D eigenvalue weighted by molar-refractivity contribution is 0.179. The summed E-state index contributed by atoms with van der Waals surface area (Å²) in [6, 6.07) is 0. The van der Waals surface area contributed by atoms with E-state index in [1.54, 1.807) is 0 Å². The minimum atomic E-state index is -0.669. The van der Waals surface area contributed by atoms with Crippen LogP contribution in [0.1, 0.15) is 0 Å². The van der Waals surface area contributed by atoms with Gasteiger partial charge in [0.05, 0.1) is 0 Å². The lowest BCUT2D eigenvalue weighted by Gasteiger charge is -2.14. The van der Waals surface area contributed by atoms with Gasteiger partial charge in [0, 0.05) is 0 Å². The fourth-order valence-corrected chi connectivity index (χ4v) is 0.658. The van der Waals surface area contributed by atoms with Crippen molar-refractivity contribution in [3.8, 4) is 0 Å². The second-order valence-electron chi connectivity index (χ2n) is 1.93. The summed E-state index contributed by atoms with van der Waals surface area (Å²) in [5.41, 5.74) is 0. The van der Waals surface area contributed by atoms with E-state index >= 15 is 0 Å². The highest BCUT2D eigenvalue weighted by Crippen LogP contribution is 2.24. The Bertz CT molecular complexity index is 384. The fraction of sp³-hybridized carbons (Fsp3) is 0. The van der Waals surface area contributed by atoms with Crippen LogP contribution >= 0.6 is 0 Å². The highest BCUT2D eigenvalue weighted by molar-refractivity contribution is 5.74. The van der Waals surface area contributed by atoms with E-state index in [0.717, 1.165) is 0 Å². The second kappa shape index (κ2) is 3.87. The van der Waals surface area contributed by atoms with Crippen molar-refractivity contribution in [1.82, 2.24) is 0 Å². The van der Waals surface area contributed by atoms with Gasteiger partial charge < -0.3 is 9.47 Å². The summed E-state index contributed by atoms with van der Waals surface area (Å²) in [5.74, 6) is 2.09.